The summed E-state index contributed by atoms with van der Waals surface area (Å²) >= 11 is 0. The Morgan fingerprint density at radius 1 is 0.885 bits per heavy atom. The topological polar surface area (TPSA) is 215 Å². The van der Waals surface area contributed by atoms with Crippen LogP contribution >= 0.6 is 0 Å². The summed E-state index contributed by atoms with van der Waals surface area (Å²) in [4.78, 5) is -2.47. The van der Waals surface area contributed by atoms with E-state index >= 15 is 0 Å². The summed E-state index contributed by atoms with van der Waals surface area (Å²) in [5, 5.41) is 26.6. The zero-order valence-electron chi connectivity index (χ0n) is 14.6. The summed E-state index contributed by atoms with van der Waals surface area (Å²) in [6.45, 7) is 4.67. The summed E-state index contributed by atoms with van der Waals surface area (Å²) in [6.07, 6.45) is 0. The zero-order valence-corrected chi connectivity index (χ0v) is 21.1. The van der Waals surface area contributed by atoms with Crippen LogP contribution in [0.3, 0.4) is 0 Å². The molecule has 0 bridgehead atoms. The van der Waals surface area contributed by atoms with Crippen LogP contribution in [0.25, 0.3) is 0 Å². The molecule has 4 N–H and O–H groups in total. The molecule has 0 amide bonds. The summed E-state index contributed by atoms with van der Waals surface area (Å²) in [6, 6.07) is 0.459. The Morgan fingerprint density at radius 3 is 1.46 bits per heavy atom. The van der Waals surface area contributed by atoms with Crippen LogP contribution in [0, 0.1) is 0 Å². The zero-order chi connectivity index (χ0) is 19.7. The number of rotatable bonds is 2. The Morgan fingerprint density at radius 2 is 1.23 bits per heavy atom. The van der Waals surface area contributed by atoms with Gasteiger partial charge < -0.3 is 10.2 Å². The van der Waals surface area contributed by atoms with Gasteiger partial charge in [0.15, 0.2) is 0 Å². The maximum Gasteiger partial charge on any atom is 1.00 e. The third kappa shape index (κ3) is 9.66. The molecule has 0 aliphatic carbocycles. The van der Waals surface area contributed by atoms with Crippen molar-refractivity contribution in [3.63, 3.8) is 0 Å². The summed E-state index contributed by atoms with van der Waals surface area (Å²) in [5.74, 6) is -3.04. The first-order valence-corrected chi connectivity index (χ1v) is 10.2. The third-order valence-electron chi connectivity index (χ3n) is 2.42. The molecule has 0 radical (unpaired) electrons. The van der Waals surface area contributed by atoms with E-state index in [1.807, 2.05) is 0 Å². The van der Waals surface area contributed by atoms with Gasteiger partial charge >= 0.3 is 59.1 Å². The van der Waals surface area contributed by atoms with E-state index in [0.717, 1.165) is 0 Å². The van der Waals surface area contributed by atoms with Crippen molar-refractivity contribution < 1.29 is 104 Å². The molecule has 16 heteroatoms. The average molecular weight is 451 g/mol. The Bertz CT molecular complexity index is 934. The van der Waals surface area contributed by atoms with Crippen molar-refractivity contribution in [2.24, 2.45) is 5.14 Å². The first-order chi connectivity index (χ1) is 10.3. The van der Waals surface area contributed by atoms with Crippen molar-refractivity contribution in [1.82, 2.24) is 0 Å². The Balaban J connectivity index is -0.000000457. The van der Waals surface area contributed by atoms with Gasteiger partial charge in [-0.15, -0.1) is 5.75 Å². The van der Waals surface area contributed by atoms with Crippen LogP contribution < -0.4 is 74.5 Å². The van der Waals surface area contributed by atoms with Crippen LogP contribution in [0.2, 0.25) is 0 Å². The van der Waals surface area contributed by atoms with Gasteiger partial charge in [0.1, 0.15) is 0 Å². The van der Waals surface area contributed by atoms with E-state index in [1.165, 1.54) is 0 Å². The van der Waals surface area contributed by atoms with E-state index in [9.17, 15) is 35.5 Å². The van der Waals surface area contributed by atoms with Crippen LogP contribution in [-0.2, 0) is 30.3 Å². The van der Waals surface area contributed by atoms with Gasteiger partial charge in [0, 0.05) is 0 Å². The number of hydrogen-bond acceptors (Lipinski definition) is 8. The molecule has 0 saturated heterocycles. The number of nitrogens with two attached hydrogens (primary N) is 1. The smallest absolute Gasteiger partial charge is 0.873 e. The Kier molecular flexibility index (Phi) is 12.5. The molecule has 11 nitrogen and oxygen atoms in total. The van der Waals surface area contributed by atoms with Gasteiger partial charge in [-0.05, 0) is 32.9 Å². The van der Waals surface area contributed by atoms with Crippen LogP contribution in [0.1, 0.15) is 20.8 Å². The standard InChI is InChI=1S/C6H6O8S2.C4H11NO2S.2Na/c7-4-1-3(15(9,10)11)2-5(6(4)8)16(12,13)14;1-4(2,3)8(5,6)7;;/h1-2,7-8H,(H,9,10,11)(H,12,13,14);1-3H3,(H2,5,6,7);;/q;;2*+1/p-2. The fourth-order valence-corrected chi connectivity index (χ4v) is 2.10. The van der Waals surface area contributed by atoms with Crippen molar-refractivity contribution in [2.75, 3.05) is 0 Å². The van der Waals surface area contributed by atoms with E-state index in [1.54, 1.807) is 20.8 Å². The Hall–Kier alpha value is 0.550. The van der Waals surface area contributed by atoms with Crippen LogP contribution in [0.15, 0.2) is 21.9 Å². The fraction of sp³-hybridized carbons (Fsp3) is 0.400. The maximum atomic E-state index is 11.0. The molecule has 26 heavy (non-hydrogen) atoms. The van der Waals surface area contributed by atoms with E-state index in [-0.39, 0.29) is 71.2 Å². The third-order valence-corrected chi connectivity index (χ3v) is 5.82. The van der Waals surface area contributed by atoms with Gasteiger partial charge in [-0.3, -0.25) is 9.11 Å². The van der Waals surface area contributed by atoms with Crippen molar-refractivity contribution >= 4 is 30.3 Å². The van der Waals surface area contributed by atoms with Crippen molar-refractivity contribution in [2.45, 2.75) is 35.3 Å². The molecule has 1 rings (SSSR count). The molecule has 1 aromatic rings. The summed E-state index contributed by atoms with van der Waals surface area (Å²) in [7, 11) is -13.2. The predicted octanol–water partition coefficient (Wildman–Crippen LogP) is -7.59. The quantitative estimate of drug-likeness (QED) is 0.285. The molecule has 0 atom stereocenters. The first kappa shape index (κ1) is 31.3. The van der Waals surface area contributed by atoms with Crippen molar-refractivity contribution in [1.29, 1.82) is 0 Å². The number of sulfonamides is 1. The van der Waals surface area contributed by atoms with Gasteiger partial charge in [0.2, 0.25) is 10.0 Å². The van der Waals surface area contributed by atoms with E-state index in [2.05, 4.69) is 0 Å². The molecular weight excluding hydrogens is 436 g/mol. The minimum atomic E-state index is -5.03. The molecule has 0 aromatic heterocycles. The van der Waals surface area contributed by atoms with E-state index in [0.29, 0.717) is 0 Å². The summed E-state index contributed by atoms with van der Waals surface area (Å²) in [5.41, 5.74) is 0. The predicted molar refractivity (Wildman–Crippen MR) is 77.8 cm³/mol. The second kappa shape index (κ2) is 10.4. The van der Waals surface area contributed by atoms with Crippen LogP contribution in [0.4, 0.5) is 0 Å². The van der Waals surface area contributed by atoms with Gasteiger partial charge in [0.25, 0.3) is 20.2 Å². The normalized spacial score (nSPS) is 12.1. The number of primary sulfonamides is 1. The molecule has 140 valence electrons. The molecule has 0 spiro atoms. The monoisotopic (exact) mass is 451 g/mol. The average Bonchev–Trinajstić information content (AvgIpc) is 2.27. The van der Waals surface area contributed by atoms with Gasteiger partial charge in [-0.2, -0.15) is 16.8 Å². The summed E-state index contributed by atoms with van der Waals surface area (Å²) < 4.78 is 79.6. The molecule has 0 fully saturated rings. The number of benzene rings is 1. The fourth-order valence-electron chi connectivity index (χ4n) is 0.893. The van der Waals surface area contributed by atoms with Gasteiger partial charge in [-0.25, -0.2) is 13.6 Å². The SMILES string of the molecule is CC(C)(C)S(N)(=O)=O.O=S(=O)(O)c1cc([O-])c([O-])c(S(=O)(=O)O)c1.[Na+].[Na+]. The second-order valence-corrected chi connectivity index (χ2v) is 10.5. The van der Waals surface area contributed by atoms with E-state index in [4.69, 9.17) is 14.2 Å². The van der Waals surface area contributed by atoms with Crippen molar-refractivity contribution in [3.05, 3.63) is 12.1 Å². The largest absolute Gasteiger partial charge is 1.00 e. The maximum absolute atomic E-state index is 11.0. The first-order valence-electron chi connectivity index (χ1n) is 5.78. The number of hydrogen-bond donors (Lipinski definition) is 3. The molecule has 0 heterocycles. The van der Waals surface area contributed by atoms with Crippen LogP contribution in [0.5, 0.6) is 11.5 Å². The van der Waals surface area contributed by atoms with Crippen molar-refractivity contribution in [3.8, 4) is 11.5 Å². The molecule has 0 aliphatic heterocycles. The molecular formula is C10H15NNa2O10S3. The van der Waals surface area contributed by atoms with Crippen LogP contribution in [-0.4, -0.2) is 39.1 Å². The minimum Gasteiger partial charge on any atom is -0.873 e. The minimum absolute atomic E-state index is 0. The molecule has 0 aliphatic rings. The molecule has 0 unspecified atom stereocenters. The Labute approximate surface area is 196 Å². The van der Waals surface area contributed by atoms with Gasteiger partial charge in [-0.1, -0.05) is 5.75 Å². The van der Waals surface area contributed by atoms with Gasteiger partial charge in [0.05, 0.1) is 14.5 Å². The second-order valence-electron chi connectivity index (χ2n) is 5.36. The van der Waals surface area contributed by atoms with E-state index < -0.39 is 56.3 Å². The molecule has 1 aromatic carbocycles. The molecule has 0 saturated carbocycles.